The molecule has 1 aliphatic rings. The summed E-state index contributed by atoms with van der Waals surface area (Å²) in [5, 5.41) is 0. The Balaban J connectivity index is 1.41. The molecule has 1 aliphatic heterocycles. The molecule has 1 aromatic carbocycles. The SMILES string of the molecule is C=C/C(=C\C(=C/C)c1cc(Cc2nc3c(-c4ccc(F)cc4)nccc3[nH]2)c(N)cn1)CN1CCCCC1. The third-order valence-electron chi connectivity index (χ3n) is 7.01. The molecule has 3 aromatic heterocycles. The smallest absolute Gasteiger partial charge is 0.123 e. The predicted octanol–water partition coefficient (Wildman–Crippen LogP) is 6.33. The number of halogens is 1. The highest BCUT2D eigenvalue weighted by molar-refractivity contribution is 5.89. The minimum Gasteiger partial charge on any atom is -0.397 e. The molecule has 3 N–H and O–H groups in total. The zero-order valence-electron chi connectivity index (χ0n) is 21.8. The van der Waals surface area contributed by atoms with Crippen molar-refractivity contribution in [3.63, 3.8) is 0 Å². The summed E-state index contributed by atoms with van der Waals surface area (Å²) < 4.78 is 13.4. The van der Waals surface area contributed by atoms with Crippen molar-refractivity contribution in [2.24, 2.45) is 0 Å². The lowest BCUT2D eigenvalue weighted by Crippen LogP contribution is -2.31. The van der Waals surface area contributed by atoms with Gasteiger partial charge in [0.05, 0.1) is 28.8 Å². The summed E-state index contributed by atoms with van der Waals surface area (Å²) in [4.78, 5) is 19.9. The van der Waals surface area contributed by atoms with E-state index in [0.717, 1.165) is 58.9 Å². The molecule has 0 spiro atoms. The first kappa shape index (κ1) is 25.5. The number of piperidine rings is 1. The molecule has 0 aliphatic carbocycles. The van der Waals surface area contributed by atoms with Crippen LogP contribution < -0.4 is 5.73 Å². The number of benzene rings is 1. The molecule has 0 unspecified atom stereocenters. The normalized spacial score (nSPS) is 15.2. The van der Waals surface area contributed by atoms with Crippen LogP contribution in [0.15, 0.2) is 79.2 Å². The highest BCUT2D eigenvalue weighted by atomic mass is 19.1. The second kappa shape index (κ2) is 11.5. The Morgan fingerprint density at radius 2 is 1.92 bits per heavy atom. The van der Waals surface area contributed by atoms with Crippen LogP contribution in [0, 0.1) is 5.82 Å². The minimum absolute atomic E-state index is 0.283. The molecule has 4 heterocycles. The van der Waals surface area contributed by atoms with Crippen LogP contribution in [-0.2, 0) is 6.42 Å². The zero-order chi connectivity index (χ0) is 26.5. The monoisotopic (exact) mass is 508 g/mol. The van der Waals surface area contributed by atoms with E-state index in [-0.39, 0.29) is 5.82 Å². The van der Waals surface area contributed by atoms with Gasteiger partial charge in [-0.2, -0.15) is 0 Å². The molecule has 1 fully saturated rings. The van der Waals surface area contributed by atoms with Gasteiger partial charge in [-0.25, -0.2) is 9.37 Å². The van der Waals surface area contributed by atoms with Crippen molar-refractivity contribution >= 4 is 22.3 Å². The molecular formula is C31H33FN6. The van der Waals surface area contributed by atoms with E-state index in [1.54, 1.807) is 24.5 Å². The minimum atomic E-state index is -0.283. The maximum absolute atomic E-state index is 13.4. The summed E-state index contributed by atoms with van der Waals surface area (Å²) >= 11 is 0. The average Bonchev–Trinajstić information content (AvgIpc) is 3.36. The molecule has 6 nitrogen and oxygen atoms in total. The molecule has 194 valence electrons. The molecule has 0 saturated carbocycles. The summed E-state index contributed by atoms with van der Waals surface area (Å²) in [6.45, 7) is 9.24. The number of aromatic amines is 1. The largest absolute Gasteiger partial charge is 0.397 e. The van der Waals surface area contributed by atoms with Gasteiger partial charge in [0.15, 0.2) is 0 Å². The van der Waals surface area contributed by atoms with E-state index in [1.165, 1.54) is 37.0 Å². The number of aromatic nitrogens is 4. The molecule has 5 rings (SSSR count). The van der Waals surface area contributed by atoms with Crippen molar-refractivity contribution in [3.05, 3.63) is 102 Å². The summed E-state index contributed by atoms with van der Waals surface area (Å²) in [5.74, 6) is 0.490. The lowest BCUT2D eigenvalue weighted by Gasteiger charge is -2.26. The van der Waals surface area contributed by atoms with E-state index in [1.807, 2.05) is 25.1 Å². The third kappa shape index (κ3) is 5.73. The van der Waals surface area contributed by atoms with Gasteiger partial charge >= 0.3 is 0 Å². The number of hydrogen-bond donors (Lipinski definition) is 2. The van der Waals surface area contributed by atoms with Gasteiger partial charge in [0.1, 0.15) is 17.2 Å². The number of nitrogen functional groups attached to an aromatic ring is 1. The summed E-state index contributed by atoms with van der Waals surface area (Å²) in [6, 6.07) is 10.2. The first-order valence-corrected chi connectivity index (χ1v) is 13.1. The number of hydrogen-bond acceptors (Lipinski definition) is 5. The van der Waals surface area contributed by atoms with E-state index in [0.29, 0.717) is 17.8 Å². The number of anilines is 1. The van der Waals surface area contributed by atoms with Gasteiger partial charge < -0.3 is 10.7 Å². The van der Waals surface area contributed by atoms with Crippen LogP contribution in [0.4, 0.5) is 10.1 Å². The number of likely N-dealkylation sites (tertiary alicyclic amines) is 1. The Morgan fingerprint density at radius 1 is 1.13 bits per heavy atom. The lowest BCUT2D eigenvalue weighted by molar-refractivity contribution is 0.248. The maximum atomic E-state index is 13.4. The van der Waals surface area contributed by atoms with Crippen molar-refractivity contribution in [2.75, 3.05) is 25.4 Å². The Hall–Kier alpha value is -4.10. The summed E-state index contributed by atoms with van der Waals surface area (Å²) in [6.07, 6.45) is 14.0. The van der Waals surface area contributed by atoms with Crippen LogP contribution in [0.3, 0.4) is 0 Å². The molecule has 0 radical (unpaired) electrons. The Bertz CT molecular complexity index is 1490. The molecule has 7 heteroatoms. The average molecular weight is 509 g/mol. The molecule has 38 heavy (non-hydrogen) atoms. The number of H-pyrrole nitrogens is 1. The Morgan fingerprint density at radius 3 is 2.66 bits per heavy atom. The molecule has 0 atom stereocenters. The van der Waals surface area contributed by atoms with E-state index in [4.69, 9.17) is 10.7 Å². The number of nitrogens with one attached hydrogen (secondary N) is 1. The van der Waals surface area contributed by atoms with Crippen LogP contribution in [0.5, 0.6) is 0 Å². The number of nitrogens with two attached hydrogens (primary N) is 1. The van der Waals surface area contributed by atoms with Gasteiger partial charge in [0.2, 0.25) is 0 Å². The lowest BCUT2D eigenvalue weighted by atomic mass is 10.0. The first-order chi connectivity index (χ1) is 18.5. The second-order valence-electron chi connectivity index (χ2n) is 9.70. The topological polar surface area (TPSA) is 83.7 Å². The van der Waals surface area contributed by atoms with Crippen molar-refractivity contribution < 1.29 is 4.39 Å². The molecule has 0 bridgehead atoms. The fourth-order valence-corrected chi connectivity index (χ4v) is 4.94. The number of nitrogens with zero attached hydrogens (tertiary/aromatic N) is 4. The van der Waals surface area contributed by atoms with Gasteiger partial charge in [0.25, 0.3) is 0 Å². The van der Waals surface area contributed by atoms with Crippen molar-refractivity contribution in [1.82, 2.24) is 24.8 Å². The molecule has 1 saturated heterocycles. The molecule has 4 aromatic rings. The van der Waals surface area contributed by atoms with E-state index in [2.05, 4.69) is 38.6 Å². The van der Waals surface area contributed by atoms with Gasteiger partial charge in [-0.3, -0.25) is 14.9 Å². The van der Waals surface area contributed by atoms with Gasteiger partial charge in [-0.1, -0.05) is 25.2 Å². The standard InChI is InChI=1S/C31H33FN6/c1-3-21(20-38-14-6-5-7-15-38)16-22(4-2)28-17-24(26(33)19-35-28)18-29-36-27-12-13-34-30(31(27)37-29)23-8-10-25(32)11-9-23/h3-4,8-13,16-17,19H,1,5-7,14-15,18,20,33H2,2H3,(H,36,37)/b21-16+,22-4+. The van der Waals surface area contributed by atoms with Crippen molar-refractivity contribution in [1.29, 1.82) is 0 Å². The fraction of sp³-hybridized carbons (Fsp3) is 0.258. The van der Waals surface area contributed by atoms with Crippen LogP contribution in [-0.4, -0.2) is 44.5 Å². The van der Waals surface area contributed by atoms with Crippen molar-refractivity contribution in [2.45, 2.75) is 32.6 Å². The quantitative estimate of drug-likeness (QED) is 0.272. The van der Waals surface area contributed by atoms with Crippen LogP contribution in [0.1, 0.15) is 43.3 Å². The van der Waals surface area contributed by atoms with Crippen LogP contribution in [0.2, 0.25) is 0 Å². The van der Waals surface area contributed by atoms with E-state index in [9.17, 15) is 4.39 Å². The van der Waals surface area contributed by atoms with Gasteiger partial charge in [-0.05, 0) is 92.0 Å². The number of pyridine rings is 2. The number of fused-ring (bicyclic) bond motifs is 1. The highest BCUT2D eigenvalue weighted by Crippen LogP contribution is 2.27. The summed E-state index contributed by atoms with van der Waals surface area (Å²) in [7, 11) is 0. The highest BCUT2D eigenvalue weighted by Gasteiger charge is 2.14. The molecular weight excluding hydrogens is 475 g/mol. The number of imidazole rings is 1. The zero-order valence-corrected chi connectivity index (χ0v) is 21.8. The maximum Gasteiger partial charge on any atom is 0.123 e. The fourth-order valence-electron chi connectivity index (χ4n) is 4.94. The number of allylic oxidation sites excluding steroid dienone is 3. The van der Waals surface area contributed by atoms with Crippen molar-refractivity contribution in [3.8, 4) is 11.3 Å². The van der Waals surface area contributed by atoms with E-state index >= 15 is 0 Å². The number of rotatable bonds is 8. The molecule has 0 amide bonds. The third-order valence-corrected chi connectivity index (χ3v) is 7.01. The summed E-state index contributed by atoms with van der Waals surface area (Å²) in [5.41, 5.74) is 14.1. The van der Waals surface area contributed by atoms with Crippen LogP contribution in [0.25, 0.3) is 27.9 Å². The Kier molecular flexibility index (Phi) is 7.75. The van der Waals surface area contributed by atoms with Gasteiger partial charge in [-0.15, -0.1) is 0 Å². The first-order valence-electron chi connectivity index (χ1n) is 13.1. The van der Waals surface area contributed by atoms with E-state index < -0.39 is 0 Å². The second-order valence-corrected chi connectivity index (χ2v) is 9.70. The Labute approximate surface area is 222 Å². The van der Waals surface area contributed by atoms with Crippen LogP contribution >= 0.6 is 0 Å². The van der Waals surface area contributed by atoms with Gasteiger partial charge in [0, 0.05) is 24.7 Å². The predicted molar refractivity (Wildman–Crippen MR) is 153 cm³/mol.